The van der Waals surface area contributed by atoms with E-state index in [-0.39, 0.29) is 5.38 Å². The lowest BCUT2D eigenvalue weighted by Crippen LogP contribution is -1.99. The van der Waals surface area contributed by atoms with Crippen LogP contribution in [0.2, 0.25) is 0 Å². The molecule has 0 N–H and O–H groups in total. The summed E-state index contributed by atoms with van der Waals surface area (Å²) in [7, 11) is 0. The summed E-state index contributed by atoms with van der Waals surface area (Å²) in [6.45, 7) is 4.60. The first-order chi connectivity index (χ1) is 9.56. The highest BCUT2D eigenvalue weighted by molar-refractivity contribution is 6.21. The average molecular weight is 285 g/mol. The minimum absolute atomic E-state index is 0.163. The fourth-order valence-corrected chi connectivity index (χ4v) is 3.47. The van der Waals surface area contributed by atoms with Crippen LogP contribution < -0.4 is 0 Å². The molecule has 0 heterocycles. The van der Waals surface area contributed by atoms with E-state index in [1.807, 2.05) is 0 Å². The van der Waals surface area contributed by atoms with Crippen molar-refractivity contribution in [2.75, 3.05) is 0 Å². The van der Waals surface area contributed by atoms with Crippen molar-refractivity contribution in [1.29, 1.82) is 0 Å². The van der Waals surface area contributed by atoms with Crippen molar-refractivity contribution < 1.29 is 0 Å². The Morgan fingerprint density at radius 3 is 2.10 bits per heavy atom. The lowest BCUT2D eigenvalue weighted by atomic mass is 9.99. The highest BCUT2D eigenvalue weighted by Crippen LogP contribution is 2.59. The van der Waals surface area contributed by atoms with Crippen LogP contribution >= 0.6 is 11.6 Å². The van der Waals surface area contributed by atoms with Gasteiger partial charge in [0.1, 0.15) is 0 Å². The van der Waals surface area contributed by atoms with E-state index in [1.165, 1.54) is 23.1 Å². The van der Waals surface area contributed by atoms with Gasteiger partial charge in [-0.2, -0.15) is 0 Å². The summed E-state index contributed by atoms with van der Waals surface area (Å²) in [6, 6.07) is 19.4. The fourth-order valence-electron chi connectivity index (χ4n) is 2.89. The van der Waals surface area contributed by atoms with E-state index in [2.05, 4.69) is 68.4 Å². The lowest BCUT2D eigenvalue weighted by Gasteiger charge is -2.12. The maximum Gasteiger partial charge on any atom is 0.0618 e. The molecule has 2 aromatic carbocycles. The third-order valence-corrected chi connectivity index (χ3v) is 5.05. The van der Waals surface area contributed by atoms with Crippen LogP contribution in [-0.2, 0) is 6.42 Å². The molecule has 104 valence electrons. The van der Waals surface area contributed by atoms with Gasteiger partial charge in [0.15, 0.2) is 0 Å². The molecule has 0 radical (unpaired) electrons. The smallest absolute Gasteiger partial charge is 0.0618 e. The van der Waals surface area contributed by atoms with Gasteiger partial charge < -0.3 is 0 Å². The third kappa shape index (κ3) is 2.91. The lowest BCUT2D eigenvalue weighted by molar-refractivity contribution is 0.548. The predicted octanol–water partition coefficient (Wildman–Crippen LogP) is 5.60. The van der Waals surface area contributed by atoms with Crippen LogP contribution in [0.15, 0.2) is 54.6 Å². The molecule has 2 unspecified atom stereocenters. The number of hydrogen-bond donors (Lipinski definition) is 0. The maximum atomic E-state index is 6.60. The van der Waals surface area contributed by atoms with Crippen molar-refractivity contribution in [3.8, 4) is 0 Å². The Hall–Kier alpha value is -1.27. The first kappa shape index (κ1) is 13.7. The Labute approximate surface area is 126 Å². The molecule has 20 heavy (non-hydrogen) atoms. The predicted molar refractivity (Wildman–Crippen MR) is 86.2 cm³/mol. The summed E-state index contributed by atoms with van der Waals surface area (Å²) < 4.78 is 0. The Bertz CT molecular complexity index is 568. The zero-order valence-corrected chi connectivity index (χ0v) is 12.9. The molecule has 1 heteroatoms. The summed E-state index contributed by atoms with van der Waals surface area (Å²) in [4.78, 5) is 0. The van der Waals surface area contributed by atoms with Crippen LogP contribution in [0.4, 0.5) is 0 Å². The van der Waals surface area contributed by atoms with Crippen molar-refractivity contribution in [2.45, 2.75) is 32.1 Å². The van der Waals surface area contributed by atoms with Crippen molar-refractivity contribution in [3.05, 3.63) is 71.3 Å². The van der Waals surface area contributed by atoms with Gasteiger partial charge in [-0.05, 0) is 40.9 Å². The Balaban J connectivity index is 1.69. The number of alkyl halides is 1. The van der Waals surface area contributed by atoms with E-state index in [4.69, 9.17) is 11.6 Å². The summed E-state index contributed by atoms with van der Waals surface area (Å²) in [5.41, 5.74) is 4.39. The maximum absolute atomic E-state index is 6.60. The number of benzene rings is 2. The molecule has 0 aromatic heterocycles. The standard InChI is InChI=1S/C19H21Cl/c1-19(2)13-17(19)18(20)16-10-8-15(9-11-16)12-14-6-4-3-5-7-14/h3-11,17-18H,12-13H2,1-2H3. The molecule has 2 atom stereocenters. The number of rotatable bonds is 4. The minimum atomic E-state index is 0.163. The van der Waals surface area contributed by atoms with E-state index in [0.717, 1.165) is 6.42 Å². The molecule has 3 rings (SSSR count). The second kappa shape index (κ2) is 5.26. The van der Waals surface area contributed by atoms with Crippen LogP contribution in [0.5, 0.6) is 0 Å². The summed E-state index contributed by atoms with van der Waals surface area (Å²) >= 11 is 6.60. The minimum Gasteiger partial charge on any atom is -0.117 e. The molecule has 1 saturated carbocycles. The van der Waals surface area contributed by atoms with Crippen molar-refractivity contribution in [3.63, 3.8) is 0 Å². The zero-order valence-electron chi connectivity index (χ0n) is 12.1. The van der Waals surface area contributed by atoms with E-state index in [1.54, 1.807) is 0 Å². The van der Waals surface area contributed by atoms with Gasteiger partial charge in [0.05, 0.1) is 5.38 Å². The molecule has 0 spiro atoms. The van der Waals surface area contributed by atoms with Gasteiger partial charge in [-0.25, -0.2) is 0 Å². The van der Waals surface area contributed by atoms with Crippen LogP contribution in [-0.4, -0.2) is 0 Å². The largest absolute Gasteiger partial charge is 0.117 e. The molecule has 1 aliphatic carbocycles. The van der Waals surface area contributed by atoms with E-state index < -0.39 is 0 Å². The Kier molecular flexibility index (Phi) is 3.60. The molecular formula is C19H21Cl. The summed E-state index contributed by atoms with van der Waals surface area (Å²) in [6.07, 6.45) is 2.23. The molecule has 0 nitrogen and oxygen atoms in total. The van der Waals surface area contributed by atoms with Gasteiger partial charge in [-0.15, -0.1) is 11.6 Å². The second-order valence-corrected chi connectivity index (χ2v) is 7.08. The van der Waals surface area contributed by atoms with Crippen LogP contribution in [0, 0.1) is 11.3 Å². The zero-order chi connectivity index (χ0) is 14.2. The van der Waals surface area contributed by atoms with Crippen LogP contribution in [0.25, 0.3) is 0 Å². The molecule has 0 saturated heterocycles. The van der Waals surface area contributed by atoms with Crippen molar-refractivity contribution in [2.24, 2.45) is 11.3 Å². The first-order valence-corrected chi connectivity index (χ1v) is 7.77. The Morgan fingerprint density at radius 2 is 1.55 bits per heavy atom. The topological polar surface area (TPSA) is 0 Å². The quantitative estimate of drug-likeness (QED) is 0.641. The molecule has 0 aliphatic heterocycles. The van der Waals surface area contributed by atoms with Gasteiger partial charge in [-0.3, -0.25) is 0 Å². The first-order valence-electron chi connectivity index (χ1n) is 7.33. The van der Waals surface area contributed by atoms with Gasteiger partial charge in [0.25, 0.3) is 0 Å². The molecule has 0 bridgehead atoms. The number of hydrogen-bond acceptors (Lipinski definition) is 0. The summed E-state index contributed by atoms with van der Waals surface area (Å²) in [5, 5.41) is 0.163. The van der Waals surface area contributed by atoms with E-state index in [0.29, 0.717) is 11.3 Å². The SMILES string of the molecule is CC1(C)CC1C(Cl)c1ccc(Cc2ccccc2)cc1. The van der Waals surface area contributed by atoms with Gasteiger partial charge >= 0.3 is 0 Å². The molecule has 1 aliphatic rings. The highest BCUT2D eigenvalue weighted by atomic mass is 35.5. The average Bonchev–Trinajstić information content (AvgIpc) is 3.09. The molecule has 1 fully saturated rings. The van der Waals surface area contributed by atoms with Crippen LogP contribution in [0.1, 0.15) is 42.3 Å². The van der Waals surface area contributed by atoms with E-state index in [9.17, 15) is 0 Å². The molecule has 2 aromatic rings. The van der Waals surface area contributed by atoms with Crippen molar-refractivity contribution >= 4 is 11.6 Å². The molecule has 0 amide bonds. The van der Waals surface area contributed by atoms with E-state index >= 15 is 0 Å². The van der Waals surface area contributed by atoms with Gasteiger partial charge in [0, 0.05) is 0 Å². The van der Waals surface area contributed by atoms with Gasteiger partial charge in [0.2, 0.25) is 0 Å². The summed E-state index contributed by atoms with van der Waals surface area (Å²) in [5.74, 6) is 0.629. The number of halogens is 1. The second-order valence-electron chi connectivity index (χ2n) is 6.60. The highest BCUT2D eigenvalue weighted by Gasteiger charge is 2.49. The molecular weight excluding hydrogens is 264 g/mol. The van der Waals surface area contributed by atoms with Gasteiger partial charge in [-0.1, -0.05) is 68.4 Å². The third-order valence-electron chi connectivity index (χ3n) is 4.49. The monoisotopic (exact) mass is 284 g/mol. The van der Waals surface area contributed by atoms with Crippen molar-refractivity contribution in [1.82, 2.24) is 0 Å². The Morgan fingerprint density at radius 1 is 1.00 bits per heavy atom. The normalized spacial score (nSPS) is 21.4. The van der Waals surface area contributed by atoms with Crippen LogP contribution in [0.3, 0.4) is 0 Å². The fraction of sp³-hybridized carbons (Fsp3) is 0.368.